The van der Waals surface area contributed by atoms with Gasteiger partial charge < -0.3 is 0 Å². The molecule has 0 bridgehead atoms. The molecule has 14 rings (SSSR count). The Morgan fingerprint density at radius 1 is 0.253 bits per heavy atom. The SMILES string of the molecule is c1ccc(-c2ccc(-c3nc(-c4ccccc4)nc(-n4c5ccccc5c5ccc(-c6cccc(-c7ccc8c(c7)Sc7ccccc7N8c7nc(-c8ccccc8)nc(-c8ccccc8)n7)c6)cc54)n3)cc2)cc1. The van der Waals surface area contributed by atoms with Crippen molar-refractivity contribution < 1.29 is 0 Å². The van der Waals surface area contributed by atoms with Crippen LogP contribution in [0.3, 0.4) is 0 Å². The highest BCUT2D eigenvalue weighted by Crippen LogP contribution is 2.52. The number of benzene rings is 10. The van der Waals surface area contributed by atoms with Gasteiger partial charge in [-0.3, -0.25) is 9.47 Å². The Morgan fingerprint density at radius 2 is 0.667 bits per heavy atom. The van der Waals surface area contributed by atoms with Gasteiger partial charge in [0.25, 0.3) is 0 Å². The Hall–Kier alpha value is -9.83. The zero-order valence-electron chi connectivity index (χ0n) is 40.2. The number of rotatable bonds is 9. The molecule has 0 radical (unpaired) electrons. The molecule has 0 saturated carbocycles. The largest absolute Gasteiger partial charge is 0.278 e. The van der Waals surface area contributed by atoms with Crippen molar-refractivity contribution in [1.82, 2.24) is 34.5 Å². The Balaban J connectivity index is 0.862. The van der Waals surface area contributed by atoms with Crippen LogP contribution in [-0.4, -0.2) is 34.5 Å². The summed E-state index contributed by atoms with van der Waals surface area (Å²) < 4.78 is 2.19. The summed E-state index contributed by atoms with van der Waals surface area (Å²) >= 11 is 1.76. The Morgan fingerprint density at radius 3 is 1.29 bits per heavy atom. The van der Waals surface area contributed by atoms with Crippen molar-refractivity contribution >= 4 is 50.9 Å². The van der Waals surface area contributed by atoms with Crippen molar-refractivity contribution in [3.8, 4) is 84.9 Å². The summed E-state index contributed by atoms with van der Waals surface area (Å²) in [6.45, 7) is 0. The maximum Gasteiger partial charge on any atom is 0.238 e. The predicted molar refractivity (Wildman–Crippen MR) is 304 cm³/mol. The summed E-state index contributed by atoms with van der Waals surface area (Å²) in [7, 11) is 0. The van der Waals surface area contributed by atoms with Gasteiger partial charge in [0.15, 0.2) is 23.3 Å². The highest BCUT2D eigenvalue weighted by molar-refractivity contribution is 7.99. The van der Waals surface area contributed by atoms with Gasteiger partial charge in [-0.25, -0.2) is 9.97 Å². The summed E-state index contributed by atoms with van der Waals surface area (Å²) in [5.41, 5.74) is 14.4. The third-order valence-electron chi connectivity index (χ3n) is 13.7. The van der Waals surface area contributed by atoms with Gasteiger partial charge >= 0.3 is 0 Å². The second-order valence-corrected chi connectivity index (χ2v) is 19.4. The summed E-state index contributed by atoms with van der Waals surface area (Å²) in [6.07, 6.45) is 0. The molecule has 0 unspecified atom stereocenters. The highest BCUT2D eigenvalue weighted by Gasteiger charge is 2.29. The summed E-state index contributed by atoms with van der Waals surface area (Å²) in [6, 6.07) is 88.4. The summed E-state index contributed by atoms with van der Waals surface area (Å²) in [5, 5.41) is 2.23. The molecule has 1 aliphatic rings. The summed E-state index contributed by atoms with van der Waals surface area (Å²) in [4.78, 5) is 35.3. The van der Waals surface area contributed by atoms with Crippen molar-refractivity contribution in [3.05, 3.63) is 255 Å². The maximum atomic E-state index is 5.26. The molecule has 13 aromatic rings. The van der Waals surface area contributed by atoms with Crippen LogP contribution in [0.1, 0.15) is 0 Å². The molecule has 4 heterocycles. The quantitative estimate of drug-likeness (QED) is 0.141. The molecular weight excluding hydrogens is 937 g/mol. The lowest BCUT2D eigenvalue weighted by atomic mass is 9.98. The topological polar surface area (TPSA) is 85.5 Å². The van der Waals surface area contributed by atoms with Gasteiger partial charge in [0.1, 0.15) is 0 Å². The third-order valence-corrected chi connectivity index (χ3v) is 14.8. The van der Waals surface area contributed by atoms with Crippen LogP contribution in [-0.2, 0) is 0 Å². The second kappa shape index (κ2) is 18.7. The molecule has 0 aliphatic carbocycles. The minimum atomic E-state index is 0.551. The molecule has 0 atom stereocenters. The molecule has 0 amide bonds. The fraction of sp³-hybridized carbons (Fsp3) is 0. The van der Waals surface area contributed by atoms with E-state index >= 15 is 0 Å². The number of fused-ring (bicyclic) bond motifs is 5. The van der Waals surface area contributed by atoms with Crippen molar-refractivity contribution in [2.75, 3.05) is 4.90 Å². The van der Waals surface area contributed by atoms with Crippen LogP contribution in [0.5, 0.6) is 0 Å². The molecule has 8 nitrogen and oxygen atoms in total. The zero-order chi connectivity index (χ0) is 49.7. The monoisotopic (exact) mass is 978 g/mol. The van der Waals surface area contributed by atoms with Gasteiger partial charge in [0.05, 0.1) is 22.4 Å². The molecule has 9 heteroatoms. The molecule has 0 fully saturated rings. The third kappa shape index (κ3) is 8.18. The van der Waals surface area contributed by atoms with E-state index in [2.05, 4.69) is 167 Å². The van der Waals surface area contributed by atoms with E-state index in [1.165, 1.54) is 0 Å². The van der Waals surface area contributed by atoms with Crippen LogP contribution in [0, 0.1) is 0 Å². The molecule has 3 aromatic heterocycles. The number of hydrogen-bond acceptors (Lipinski definition) is 8. The van der Waals surface area contributed by atoms with Crippen LogP contribution in [0.15, 0.2) is 265 Å². The van der Waals surface area contributed by atoms with Gasteiger partial charge in [-0.1, -0.05) is 224 Å². The highest BCUT2D eigenvalue weighted by atomic mass is 32.2. The molecule has 1 aliphatic heterocycles. The van der Waals surface area contributed by atoms with E-state index in [1.807, 2.05) is 97.1 Å². The van der Waals surface area contributed by atoms with E-state index in [0.29, 0.717) is 35.2 Å². The number of aromatic nitrogens is 7. The molecule has 0 spiro atoms. The van der Waals surface area contributed by atoms with Crippen LogP contribution in [0.4, 0.5) is 17.3 Å². The molecule has 0 saturated heterocycles. The standard InChI is InChI=1S/C66H42N8S/c1-5-18-43(19-6-1)44-32-34-48(35-33-44)64-68-63(47-24-11-4-12-25-47)69-65(72-64)73-55-29-14-13-28-53(55)54-38-36-51(41-58(54)73)49-26-17-27-50(40-49)52-37-39-57-60(42-52)75-59-31-16-15-30-56(59)74(57)66-70-61(45-20-7-2-8-21-45)67-62(71-66)46-22-9-3-10-23-46/h1-42H. The lowest BCUT2D eigenvalue weighted by molar-refractivity contribution is 0.953. The molecule has 0 N–H and O–H groups in total. The first-order valence-corrected chi connectivity index (χ1v) is 25.7. The summed E-state index contributed by atoms with van der Waals surface area (Å²) in [5.74, 6) is 3.54. The van der Waals surface area contributed by atoms with Crippen LogP contribution < -0.4 is 4.90 Å². The Bertz CT molecular complexity index is 4200. The van der Waals surface area contributed by atoms with E-state index in [-0.39, 0.29) is 0 Å². The lowest BCUT2D eigenvalue weighted by Crippen LogP contribution is -2.18. The van der Waals surface area contributed by atoms with E-state index in [4.69, 9.17) is 29.9 Å². The van der Waals surface area contributed by atoms with Gasteiger partial charge in [-0.2, -0.15) is 19.9 Å². The normalized spacial score (nSPS) is 11.9. The van der Waals surface area contributed by atoms with Gasteiger partial charge in [-0.15, -0.1) is 0 Å². The second-order valence-electron chi connectivity index (χ2n) is 18.4. The van der Waals surface area contributed by atoms with E-state index in [0.717, 1.165) is 98.6 Å². The van der Waals surface area contributed by atoms with E-state index < -0.39 is 0 Å². The predicted octanol–water partition coefficient (Wildman–Crippen LogP) is 16.8. The van der Waals surface area contributed by atoms with Gasteiger partial charge in [-0.05, 0) is 75.8 Å². The van der Waals surface area contributed by atoms with Crippen LogP contribution in [0.2, 0.25) is 0 Å². The average molecular weight is 979 g/mol. The van der Waals surface area contributed by atoms with Crippen molar-refractivity contribution in [2.24, 2.45) is 0 Å². The van der Waals surface area contributed by atoms with E-state index in [9.17, 15) is 0 Å². The average Bonchev–Trinajstić information content (AvgIpc) is 3.83. The van der Waals surface area contributed by atoms with E-state index in [1.54, 1.807) is 11.8 Å². The van der Waals surface area contributed by atoms with Gasteiger partial charge in [0, 0.05) is 42.8 Å². The minimum absolute atomic E-state index is 0.551. The molecule has 352 valence electrons. The van der Waals surface area contributed by atoms with Crippen molar-refractivity contribution in [1.29, 1.82) is 0 Å². The zero-order valence-corrected chi connectivity index (χ0v) is 41.1. The van der Waals surface area contributed by atoms with Crippen LogP contribution >= 0.6 is 11.8 Å². The first-order chi connectivity index (χ1) is 37.1. The number of para-hydroxylation sites is 2. The fourth-order valence-electron chi connectivity index (χ4n) is 10.0. The minimum Gasteiger partial charge on any atom is -0.278 e. The number of anilines is 3. The lowest BCUT2D eigenvalue weighted by Gasteiger charge is -2.31. The van der Waals surface area contributed by atoms with Crippen LogP contribution in [0.25, 0.3) is 107 Å². The Kier molecular flexibility index (Phi) is 10.9. The Labute approximate surface area is 437 Å². The number of hydrogen-bond donors (Lipinski definition) is 0. The number of nitrogens with zero attached hydrogens (tertiary/aromatic N) is 8. The molecular formula is C66H42N8S. The van der Waals surface area contributed by atoms with Crippen molar-refractivity contribution in [3.63, 3.8) is 0 Å². The maximum absolute atomic E-state index is 5.26. The fourth-order valence-corrected chi connectivity index (χ4v) is 11.1. The first kappa shape index (κ1) is 43.9. The van der Waals surface area contributed by atoms with Crippen molar-refractivity contribution in [2.45, 2.75) is 9.79 Å². The molecule has 10 aromatic carbocycles. The smallest absolute Gasteiger partial charge is 0.238 e. The van der Waals surface area contributed by atoms with Gasteiger partial charge in [0.2, 0.25) is 11.9 Å². The molecule has 75 heavy (non-hydrogen) atoms. The first-order valence-electron chi connectivity index (χ1n) is 24.8.